The first-order valence-electron chi connectivity index (χ1n) is 9.07. The molecular weight excluding hydrogens is 318 g/mol. The lowest BCUT2D eigenvalue weighted by Crippen LogP contribution is -2.49. The van der Waals surface area contributed by atoms with Gasteiger partial charge in [0, 0.05) is 43.6 Å². The highest BCUT2D eigenvalue weighted by atomic mass is 32.1. The molecule has 0 radical (unpaired) electrons. The second-order valence-corrected chi connectivity index (χ2v) is 8.31. The fourth-order valence-corrected chi connectivity index (χ4v) is 5.17. The van der Waals surface area contributed by atoms with Gasteiger partial charge in [-0.25, -0.2) is 9.97 Å². The lowest BCUT2D eigenvalue weighted by Gasteiger charge is -2.36. The van der Waals surface area contributed by atoms with Crippen molar-refractivity contribution in [1.82, 2.24) is 19.8 Å². The van der Waals surface area contributed by atoms with Crippen LogP contribution in [0.2, 0.25) is 0 Å². The summed E-state index contributed by atoms with van der Waals surface area (Å²) in [7, 11) is 2.21. The predicted octanol–water partition coefficient (Wildman–Crippen LogP) is 2.54. The van der Waals surface area contributed by atoms with Gasteiger partial charge in [-0.2, -0.15) is 0 Å². The fourth-order valence-electron chi connectivity index (χ4n) is 3.87. The van der Waals surface area contributed by atoms with E-state index in [1.54, 1.807) is 0 Å². The van der Waals surface area contributed by atoms with Crippen molar-refractivity contribution in [3.05, 3.63) is 16.3 Å². The normalized spacial score (nSPS) is 20.5. The number of nitrogens with zero attached hydrogens (tertiary/aromatic N) is 4. The highest BCUT2D eigenvalue weighted by Crippen LogP contribution is 2.39. The molecule has 0 saturated carbocycles. The molecule has 0 spiro atoms. The Morgan fingerprint density at radius 2 is 1.96 bits per heavy atom. The second kappa shape index (κ2) is 6.58. The number of thiophene rings is 1. The molecule has 24 heavy (non-hydrogen) atoms. The van der Waals surface area contributed by atoms with Gasteiger partial charge in [-0.3, -0.25) is 4.90 Å². The number of hydrogen-bond acceptors (Lipinski definition) is 6. The molecule has 130 valence electrons. The van der Waals surface area contributed by atoms with Crippen LogP contribution in [-0.4, -0.2) is 65.6 Å². The van der Waals surface area contributed by atoms with Crippen LogP contribution in [0.1, 0.15) is 29.6 Å². The minimum Gasteiger partial charge on any atom is -0.368 e. The zero-order valence-electron chi connectivity index (χ0n) is 14.9. The molecule has 0 amide bonds. The van der Waals surface area contributed by atoms with Crippen LogP contribution in [0.25, 0.3) is 10.2 Å². The first-order valence-corrected chi connectivity index (χ1v) is 9.89. The van der Waals surface area contributed by atoms with Gasteiger partial charge in [-0.05, 0) is 45.7 Å². The van der Waals surface area contributed by atoms with Crippen LogP contribution >= 0.6 is 11.3 Å². The van der Waals surface area contributed by atoms with Gasteiger partial charge in [0.05, 0.1) is 5.39 Å². The molecule has 2 aromatic heterocycles. The molecule has 0 bridgehead atoms. The van der Waals surface area contributed by atoms with E-state index in [4.69, 9.17) is 4.98 Å². The Morgan fingerprint density at radius 1 is 1.17 bits per heavy atom. The van der Waals surface area contributed by atoms with Crippen molar-refractivity contribution in [2.45, 2.75) is 39.2 Å². The van der Waals surface area contributed by atoms with Crippen molar-refractivity contribution in [2.24, 2.45) is 0 Å². The van der Waals surface area contributed by atoms with E-state index in [2.05, 4.69) is 34.1 Å². The summed E-state index contributed by atoms with van der Waals surface area (Å²) in [5.74, 6) is 1.93. The van der Waals surface area contributed by atoms with Crippen LogP contribution in [0.4, 0.5) is 5.82 Å². The molecular formula is C18H27N5S. The Bertz CT molecular complexity index is 733. The number of rotatable bonds is 4. The lowest BCUT2D eigenvalue weighted by molar-refractivity contribution is 0.123. The van der Waals surface area contributed by atoms with E-state index < -0.39 is 0 Å². The number of likely N-dealkylation sites (N-methyl/N-ethyl adjacent to an activating group) is 1. The maximum absolute atomic E-state index is 4.74. The SMILES string of the molecule is Cc1nc(NCC(C)N2CCN(C)CC2)c2c3c(sc2n1)CCC3. The Labute approximate surface area is 148 Å². The summed E-state index contributed by atoms with van der Waals surface area (Å²) in [4.78, 5) is 17.1. The van der Waals surface area contributed by atoms with Gasteiger partial charge in [-0.1, -0.05) is 0 Å². The summed E-state index contributed by atoms with van der Waals surface area (Å²) in [5, 5.41) is 4.95. The Hall–Kier alpha value is -1.24. The van der Waals surface area contributed by atoms with Gasteiger partial charge in [0.15, 0.2) is 0 Å². The van der Waals surface area contributed by atoms with Gasteiger partial charge in [0.25, 0.3) is 0 Å². The van der Waals surface area contributed by atoms with Gasteiger partial charge in [0.2, 0.25) is 0 Å². The molecule has 1 atom stereocenters. The number of anilines is 1. The molecule has 1 saturated heterocycles. The van der Waals surface area contributed by atoms with E-state index in [0.717, 1.165) is 31.3 Å². The van der Waals surface area contributed by atoms with Crippen molar-refractivity contribution >= 4 is 27.4 Å². The first kappa shape index (κ1) is 16.2. The zero-order chi connectivity index (χ0) is 16.7. The van der Waals surface area contributed by atoms with Crippen LogP contribution in [0.15, 0.2) is 0 Å². The third-order valence-corrected chi connectivity index (χ3v) is 6.59. The molecule has 0 aromatic carbocycles. The molecule has 2 aromatic rings. The van der Waals surface area contributed by atoms with Crippen molar-refractivity contribution in [3.63, 3.8) is 0 Å². The molecule has 1 aliphatic carbocycles. The van der Waals surface area contributed by atoms with Gasteiger partial charge < -0.3 is 10.2 Å². The van der Waals surface area contributed by atoms with Gasteiger partial charge in [-0.15, -0.1) is 11.3 Å². The average Bonchev–Trinajstić information content (AvgIpc) is 3.13. The number of aryl methyl sites for hydroxylation is 3. The number of nitrogens with one attached hydrogen (secondary N) is 1. The minimum absolute atomic E-state index is 0.524. The first-order chi connectivity index (χ1) is 11.6. The molecule has 2 aliphatic rings. The molecule has 1 unspecified atom stereocenters. The molecule has 5 nitrogen and oxygen atoms in total. The summed E-state index contributed by atoms with van der Waals surface area (Å²) in [6.45, 7) is 9.91. The maximum atomic E-state index is 4.74. The summed E-state index contributed by atoms with van der Waals surface area (Å²) < 4.78 is 0. The summed E-state index contributed by atoms with van der Waals surface area (Å²) >= 11 is 1.87. The molecule has 1 N–H and O–H groups in total. The third-order valence-electron chi connectivity index (χ3n) is 5.40. The Balaban J connectivity index is 1.52. The van der Waals surface area contributed by atoms with Crippen molar-refractivity contribution in [1.29, 1.82) is 0 Å². The topological polar surface area (TPSA) is 44.3 Å². The van der Waals surface area contributed by atoms with E-state index in [9.17, 15) is 0 Å². The van der Waals surface area contributed by atoms with Gasteiger partial charge >= 0.3 is 0 Å². The van der Waals surface area contributed by atoms with Crippen molar-refractivity contribution < 1.29 is 0 Å². The van der Waals surface area contributed by atoms with E-state index >= 15 is 0 Å². The fraction of sp³-hybridized carbons (Fsp3) is 0.667. The summed E-state index contributed by atoms with van der Waals surface area (Å²) in [6, 6.07) is 0.524. The number of aromatic nitrogens is 2. The van der Waals surface area contributed by atoms with Crippen LogP contribution in [0.5, 0.6) is 0 Å². The third kappa shape index (κ3) is 3.03. The van der Waals surface area contributed by atoms with E-state index in [1.165, 1.54) is 53.0 Å². The molecule has 1 aliphatic heterocycles. The predicted molar refractivity (Wildman–Crippen MR) is 101 cm³/mol. The van der Waals surface area contributed by atoms with Gasteiger partial charge in [0.1, 0.15) is 16.5 Å². The largest absolute Gasteiger partial charge is 0.368 e. The highest BCUT2D eigenvalue weighted by molar-refractivity contribution is 7.19. The van der Waals surface area contributed by atoms with Crippen molar-refractivity contribution in [2.75, 3.05) is 45.1 Å². The quantitative estimate of drug-likeness (QED) is 0.922. The second-order valence-electron chi connectivity index (χ2n) is 7.23. The summed E-state index contributed by atoms with van der Waals surface area (Å²) in [6.07, 6.45) is 3.68. The molecule has 3 heterocycles. The number of hydrogen-bond donors (Lipinski definition) is 1. The van der Waals surface area contributed by atoms with Crippen LogP contribution in [0, 0.1) is 6.92 Å². The average molecular weight is 346 g/mol. The van der Waals surface area contributed by atoms with E-state index in [-0.39, 0.29) is 0 Å². The van der Waals surface area contributed by atoms with E-state index in [1.807, 2.05) is 18.3 Å². The zero-order valence-corrected chi connectivity index (χ0v) is 15.7. The Kier molecular flexibility index (Phi) is 4.45. The van der Waals surface area contributed by atoms with Crippen LogP contribution in [-0.2, 0) is 12.8 Å². The highest BCUT2D eigenvalue weighted by Gasteiger charge is 2.23. The van der Waals surface area contributed by atoms with E-state index in [0.29, 0.717) is 6.04 Å². The molecule has 6 heteroatoms. The van der Waals surface area contributed by atoms with Crippen molar-refractivity contribution in [3.8, 4) is 0 Å². The maximum Gasteiger partial charge on any atom is 0.138 e. The Morgan fingerprint density at radius 3 is 2.75 bits per heavy atom. The smallest absolute Gasteiger partial charge is 0.138 e. The van der Waals surface area contributed by atoms with Crippen LogP contribution in [0.3, 0.4) is 0 Å². The molecule has 1 fully saturated rings. The monoisotopic (exact) mass is 345 g/mol. The number of piperazine rings is 1. The number of fused-ring (bicyclic) bond motifs is 3. The lowest BCUT2D eigenvalue weighted by atomic mass is 10.2. The standard InChI is InChI=1S/C18H27N5S/c1-12(23-9-7-22(3)8-10-23)11-19-17-16-14-5-4-6-15(14)24-18(16)21-13(2)20-17/h12H,4-11H2,1-3H3,(H,19,20,21). The van der Waals surface area contributed by atoms with Crippen LogP contribution < -0.4 is 5.32 Å². The summed E-state index contributed by atoms with van der Waals surface area (Å²) in [5.41, 5.74) is 1.50. The minimum atomic E-state index is 0.524. The molecule has 4 rings (SSSR count).